The molecule has 0 spiro atoms. The number of methoxy groups -OCH3 is 1. The summed E-state index contributed by atoms with van der Waals surface area (Å²) in [6, 6.07) is 13.4. The zero-order valence-corrected chi connectivity index (χ0v) is 13.2. The zero-order chi connectivity index (χ0) is 16.7. The number of aliphatic carboxylic acids is 1. The van der Waals surface area contributed by atoms with E-state index in [4.69, 9.17) is 9.84 Å². The molecule has 0 radical (unpaired) electrons. The molecular weight excluding hydrogens is 290 g/mol. The molecule has 0 saturated heterocycles. The first-order chi connectivity index (χ1) is 11.1. The van der Waals surface area contributed by atoms with Crippen molar-refractivity contribution >= 4 is 23.9 Å². The number of carboxylic acids is 1. The molecule has 0 aliphatic heterocycles. The summed E-state index contributed by atoms with van der Waals surface area (Å²) in [7, 11) is 1.63. The maximum Gasteiger partial charge on any atom is 0.328 e. The van der Waals surface area contributed by atoms with Gasteiger partial charge in [-0.1, -0.05) is 13.0 Å². The lowest BCUT2D eigenvalue weighted by Crippen LogP contribution is -1.89. The van der Waals surface area contributed by atoms with Gasteiger partial charge in [-0.15, -0.1) is 0 Å². The van der Waals surface area contributed by atoms with Gasteiger partial charge < -0.3 is 9.84 Å². The van der Waals surface area contributed by atoms with E-state index in [9.17, 15) is 4.79 Å². The highest BCUT2D eigenvalue weighted by molar-refractivity contribution is 5.86. The third-order valence-electron chi connectivity index (χ3n) is 3.39. The topological polar surface area (TPSA) is 58.9 Å². The van der Waals surface area contributed by atoms with E-state index in [2.05, 4.69) is 4.99 Å². The minimum atomic E-state index is -0.950. The monoisotopic (exact) mass is 309 g/mol. The van der Waals surface area contributed by atoms with Gasteiger partial charge in [0.1, 0.15) is 5.75 Å². The number of carboxylic acid groups (broad SMARTS) is 1. The number of nitrogens with zero attached hydrogens (tertiary/aromatic N) is 1. The number of benzene rings is 2. The number of rotatable bonds is 6. The standard InChI is InChI=1S/C19H19NO3/c1-3-15-12-17(8-6-16(15)7-11-19(21)22)20-13-14-4-9-18(23-2)10-5-14/h4-13H,3H2,1-2H3,(H,21,22). The van der Waals surface area contributed by atoms with Crippen molar-refractivity contribution < 1.29 is 14.6 Å². The summed E-state index contributed by atoms with van der Waals surface area (Å²) in [4.78, 5) is 15.1. The highest BCUT2D eigenvalue weighted by atomic mass is 16.5. The molecule has 4 heteroatoms. The van der Waals surface area contributed by atoms with Crippen LogP contribution < -0.4 is 4.74 Å². The van der Waals surface area contributed by atoms with Gasteiger partial charge in [-0.25, -0.2) is 4.79 Å². The molecule has 0 unspecified atom stereocenters. The first-order valence-corrected chi connectivity index (χ1v) is 7.34. The van der Waals surface area contributed by atoms with Crippen molar-refractivity contribution in [1.29, 1.82) is 0 Å². The van der Waals surface area contributed by atoms with E-state index in [0.717, 1.165) is 40.6 Å². The second kappa shape index (κ2) is 7.94. The highest BCUT2D eigenvalue weighted by Gasteiger charge is 2.00. The van der Waals surface area contributed by atoms with Crippen molar-refractivity contribution in [3.63, 3.8) is 0 Å². The van der Waals surface area contributed by atoms with E-state index in [1.807, 2.05) is 49.4 Å². The zero-order valence-electron chi connectivity index (χ0n) is 13.2. The van der Waals surface area contributed by atoms with Gasteiger partial charge in [0.05, 0.1) is 12.8 Å². The van der Waals surface area contributed by atoms with E-state index in [1.165, 1.54) is 0 Å². The SMILES string of the molecule is CCc1cc(N=Cc2ccc(OC)cc2)ccc1C=CC(=O)O. The molecule has 2 aromatic carbocycles. The Labute approximate surface area is 135 Å². The Hall–Kier alpha value is -2.88. The molecule has 0 aliphatic carbocycles. The van der Waals surface area contributed by atoms with Gasteiger partial charge >= 0.3 is 5.97 Å². The van der Waals surface area contributed by atoms with Gasteiger partial charge in [0.25, 0.3) is 0 Å². The molecule has 0 fully saturated rings. The van der Waals surface area contributed by atoms with Crippen molar-refractivity contribution in [2.75, 3.05) is 7.11 Å². The Kier molecular flexibility index (Phi) is 5.69. The molecule has 0 atom stereocenters. The molecule has 2 rings (SSSR count). The Bertz CT molecular complexity index is 731. The lowest BCUT2D eigenvalue weighted by Gasteiger charge is -2.04. The summed E-state index contributed by atoms with van der Waals surface area (Å²) < 4.78 is 5.12. The smallest absolute Gasteiger partial charge is 0.328 e. The Morgan fingerprint density at radius 1 is 1.22 bits per heavy atom. The van der Waals surface area contributed by atoms with Crippen LogP contribution in [0.15, 0.2) is 53.5 Å². The molecule has 2 aromatic rings. The quantitative estimate of drug-likeness (QED) is 0.645. The van der Waals surface area contributed by atoms with Crippen LogP contribution in [0, 0.1) is 0 Å². The highest BCUT2D eigenvalue weighted by Crippen LogP contribution is 2.20. The molecule has 0 amide bonds. The fourth-order valence-corrected chi connectivity index (χ4v) is 2.14. The molecule has 0 bridgehead atoms. The van der Waals surface area contributed by atoms with Crippen molar-refractivity contribution in [2.45, 2.75) is 13.3 Å². The summed E-state index contributed by atoms with van der Waals surface area (Å²) in [5.74, 6) is -0.140. The van der Waals surface area contributed by atoms with Crippen molar-refractivity contribution in [1.82, 2.24) is 0 Å². The van der Waals surface area contributed by atoms with E-state index in [-0.39, 0.29) is 0 Å². The molecule has 0 saturated carbocycles. The maximum absolute atomic E-state index is 10.6. The van der Waals surface area contributed by atoms with E-state index in [1.54, 1.807) is 19.4 Å². The summed E-state index contributed by atoms with van der Waals surface area (Å²) in [6.07, 6.45) is 5.36. The van der Waals surface area contributed by atoms with Crippen molar-refractivity contribution in [3.05, 3.63) is 65.2 Å². The normalized spacial score (nSPS) is 11.2. The largest absolute Gasteiger partial charge is 0.497 e. The third kappa shape index (κ3) is 4.81. The minimum Gasteiger partial charge on any atom is -0.497 e. The van der Waals surface area contributed by atoms with Crippen LogP contribution in [0.4, 0.5) is 5.69 Å². The van der Waals surface area contributed by atoms with Crippen molar-refractivity contribution in [3.8, 4) is 5.75 Å². The lowest BCUT2D eigenvalue weighted by molar-refractivity contribution is -0.131. The van der Waals surface area contributed by atoms with E-state index in [0.29, 0.717) is 0 Å². The number of carbonyl (C=O) groups is 1. The summed E-state index contributed by atoms with van der Waals surface area (Å²) in [5.41, 5.74) is 3.79. The minimum absolute atomic E-state index is 0.810. The Balaban J connectivity index is 2.19. The third-order valence-corrected chi connectivity index (χ3v) is 3.39. The fraction of sp³-hybridized carbons (Fsp3) is 0.158. The Morgan fingerprint density at radius 2 is 1.96 bits per heavy atom. The molecule has 4 nitrogen and oxygen atoms in total. The molecule has 0 aliphatic rings. The first kappa shape index (κ1) is 16.5. The van der Waals surface area contributed by atoms with Crippen LogP contribution in [0.1, 0.15) is 23.6 Å². The second-order valence-electron chi connectivity index (χ2n) is 4.94. The number of aryl methyl sites for hydroxylation is 1. The number of hydrogen-bond donors (Lipinski definition) is 1. The maximum atomic E-state index is 10.6. The Morgan fingerprint density at radius 3 is 2.57 bits per heavy atom. The van der Waals surface area contributed by atoms with Gasteiger partial charge in [-0.3, -0.25) is 4.99 Å². The summed E-state index contributed by atoms with van der Waals surface area (Å²) >= 11 is 0. The lowest BCUT2D eigenvalue weighted by atomic mass is 10.0. The second-order valence-corrected chi connectivity index (χ2v) is 4.94. The molecule has 118 valence electrons. The number of aliphatic imine (C=N–C) groups is 1. The van der Waals surface area contributed by atoms with E-state index >= 15 is 0 Å². The van der Waals surface area contributed by atoms with Crippen LogP contribution in [0.2, 0.25) is 0 Å². The number of hydrogen-bond acceptors (Lipinski definition) is 3. The number of ether oxygens (including phenoxy) is 1. The van der Waals surface area contributed by atoms with Crippen LogP contribution in [-0.4, -0.2) is 24.4 Å². The van der Waals surface area contributed by atoms with Crippen molar-refractivity contribution in [2.24, 2.45) is 4.99 Å². The predicted octanol–water partition coefficient (Wildman–Crippen LogP) is 4.11. The molecule has 0 heterocycles. The molecular formula is C19H19NO3. The van der Waals surface area contributed by atoms with Gasteiger partial charge in [-0.2, -0.15) is 0 Å². The van der Waals surface area contributed by atoms with Crippen LogP contribution >= 0.6 is 0 Å². The molecule has 1 N–H and O–H groups in total. The van der Waals surface area contributed by atoms with Gasteiger partial charge in [-0.05, 0) is 65.6 Å². The first-order valence-electron chi connectivity index (χ1n) is 7.34. The fourth-order valence-electron chi connectivity index (χ4n) is 2.14. The predicted molar refractivity (Wildman–Crippen MR) is 92.7 cm³/mol. The van der Waals surface area contributed by atoms with Crippen LogP contribution in [-0.2, 0) is 11.2 Å². The van der Waals surface area contributed by atoms with Gasteiger partial charge in [0.15, 0.2) is 0 Å². The summed E-state index contributed by atoms with van der Waals surface area (Å²) in [5, 5.41) is 8.72. The van der Waals surface area contributed by atoms with Gasteiger partial charge in [0.2, 0.25) is 0 Å². The average molecular weight is 309 g/mol. The average Bonchev–Trinajstić information content (AvgIpc) is 2.58. The molecule has 0 aromatic heterocycles. The van der Waals surface area contributed by atoms with Gasteiger partial charge in [0, 0.05) is 12.3 Å². The van der Waals surface area contributed by atoms with E-state index < -0.39 is 5.97 Å². The van der Waals surface area contributed by atoms with Crippen LogP contribution in [0.3, 0.4) is 0 Å². The summed E-state index contributed by atoms with van der Waals surface area (Å²) in [6.45, 7) is 2.03. The molecule has 23 heavy (non-hydrogen) atoms. The van der Waals surface area contributed by atoms with Crippen LogP contribution in [0.5, 0.6) is 5.75 Å². The van der Waals surface area contributed by atoms with Crippen LogP contribution in [0.25, 0.3) is 6.08 Å².